The molecule has 0 spiro atoms. The van der Waals surface area contributed by atoms with Crippen LogP contribution in [-0.4, -0.2) is 24.5 Å². The normalized spacial score (nSPS) is 13.5. The Hall–Kier alpha value is -1.46. The third-order valence-electron chi connectivity index (χ3n) is 1.92. The lowest BCUT2D eigenvalue weighted by Crippen LogP contribution is -2.20. The fraction of sp³-hybridized carbons (Fsp3) is 0.800. The molecule has 0 saturated carbocycles. The molecule has 0 unspecified atom stereocenters. The molecule has 0 fully saturated rings. The van der Waals surface area contributed by atoms with Crippen molar-refractivity contribution in [3.05, 3.63) is 0 Å². The number of hydrogen-bond donors (Lipinski definition) is 0. The molecule has 16 heavy (non-hydrogen) atoms. The van der Waals surface area contributed by atoms with Crippen LogP contribution in [0.4, 0.5) is 9.59 Å². The second kappa shape index (κ2) is 7.78. The molecule has 0 aliphatic heterocycles. The molecule has 0 saturated heterocycles. The Morgan fingerprint density at radius 2 is 1.19 bits per heavy atom. The fourth-order valence-electron chi connectivity index (χ4n) is 0.603. The number of ether oxygens (including phenoxy) is 2. The molecule has 0 rings (SSSR count). The number of hydrogen-bond acceptors (Lipinski definition) is 6. The summed E-state index contributed by atoms with van der Waals surface area (Å²) in [6.45, 7) is 7.07. The zero-order valence-electron chi connectivity index (χ0n) is 10.0. The lowest BCUT2D eigenvalue weighted by atomic mass is 10.3. The van der Waals surface area contributed by atoms with Crippen molar-refractivity contribution < 1.29 is 28.8 Å². The minimum absolute atomic E-state index is 0.290. The highest BCUT2D eigenvalue weighted by atomic mass is 17.3. The van der Waals surface area contributed by atoms with Gasteiger partial charge in [-0.1, -0.05) is 13.8 Å². The Labute approximate surface area is 94.7 Å². The second-order valence-electron chi connectivity index (χ2n) is 3.34. The van der Waals surface area contributed by atoms with Gasteiger partial charge in [0.25, 0.3) is 0 Å². The van der Waals surface area contributed by atoms with Crippen LogP contribution >= 0.6 is 0 Å². The summed E-state index contributed by atoms with van der Waals surface area (Å²) in [5, 5.41) is 0. The minimum atomic E-state index is -1.06. The van der Waals surface area contributed by atoms with E-state index >= 15 is 0 Å². The van der Waals surface area contributed by atoms with Gasteiger partial charge < -0.3 is 9.47 Å². The van der Waals surface area contributed by atoms with E-state index in [0.29, 0.717) is 12.8 Å². The van der Waals surface area contributed by atoms with Gasteiger partial charge in [0.1, 0.15) is 12.2 Å². The summed E-state index contributed by atoms with van der Waals surface area (Å²) in [4.78, 5) is 30.0. The van der Waals surface area contributed by atoms with Crippen LogP contribution in [0.15, 0.2) is 0 Å². The van der Waals surface area contributed by atoms with Gasteiger partial charge in [0, 0.05) is 0 Å². The minimum Gasteiger partial charge on any atom is -0.429 e. The molecule has 0 aromatic rings. The van der Waals surface area contributed by atoms with Crippen molar-refractivity contribution in [2.24, 2.45) is 0 Å². The molecule has 0 aliphatic carbocycles. The molecule has 0 bridgehead atoms. The monoisotopic (exact) mass is 234 g/mol. The Morgan fingerprint density at radius 1 is 0.875 bits per heavy atom. The van der Waals surface area contributed by atoms with Gasteiger partial charge in [-0.25, -0.2) is 0 Å². The first kappa shape index (κ1) is 14.5. The van der Waals surface area contributed by atoms with Crippen molar-refractivity contribution in [1.82, 2.24) is 0 Å². The van der Waals surface area contributed by atoms with E-state index < -0.39 is 12.3 Å². The largest absolute Gasteiger partial charge is 0.550 e. The number of carbonyl (C=O) groups excluding carboxylic acids is 2. The molecule has 2 atom stereocenters. The Balaban J connectivity index is 3.71. The number of rotatable bonds is 4. The third-order valence-corrected chi connectivity index (χ3v) is 1.92. The molecule has 6 nitrogen and oxygen atoms in total. The van der Waals surface area contributed by atoms with Crippen molar-refractivity contribution in [1.29, 1.82) is 0 Å². The zero-order chi connectivity index (χ0) is 12.6. The smallest absolute Gasteiger partial charge is 0.429 e. The molecule has 0 N–H and O–H groups in total. The van der Waals surface area contributed by atoms with Gasteiger partial charge in [0.2, 0.25) is 0 Å². The van der Waals surface area contributed by atoms with Crippen LogP contribution in [0, 0.1) is 0 Å². The fourth-order valence-corrected chi connectivity index (χ4v) is 0.603. The summed E-state index contributed by atoms with van der Waals surface area (Å²) in [6, 6.07) is 0. The first-order chi connectivity index (χ1) is 7.49. The molecular weight excluding hydrogens is 216 g/mol. The highest BCUT2D eigenvalue weighted by Gasteiger charge is 2.15. The predicted octanol–water partition coefficient (Wildman–Crippen LogP) is 2.80. The molecule has 94 valence electrons. The van der Waals surface area contributed by atoms with Gasteiger partial charge in [-0.05, 0) is 26.7 Å². The first-order valence-corrected chi connectivity index (χ1v) is 5.25. The summed E-state index contributed by atoms with van der Waals surface area (Å²) in [5.74, 6) is 0. The zero-order valence-corrected chi connectivity index (χ0v) is 10.0. The maximum atomic E-state index is 10.9. The van der Waals surface area contributed by atoms with E-state index in [4.69, 9.17) is 0 Å². The maximum absolute atomic E-state index is 10.9. The predicted molar refractivity (Wildman–Crippen MR) is 54.6 cm³/mol. The Kier molecular flexibility index (Phi) is 7.07. The van der Waals surface area contributed by atoms with E-state index in [-0.39, 0.29) is 12.2 Å². The lowest BCUT2D eigenvalue weighted by Gasteiger charge is -2.11. The number of carbonyl (C=O) groups is 2. The Bertz CT molecular complexity index is 203. The molecule has 0 amide bonds. The quantitative estimate of drug-likeness (QED) is 0.423. The van der Waals surface area contributed by atoms with Crippen molar-refractivity contribution in [2.75, 3.05) is 0 Å². The highest BCUT2D eigenvalue weighted by Crippen LogP contribution is 2.02. The van der Waals surface area contributed by atoms with Crippen LogP contribution in [0.5, 0.6) is 0 Å². The molecule has 0 aromatic carbocycles. The molecule has 0 heterocycles. The molecule has 6 heteroatoms. The van der Waals surface area contributed by atoms with E-state index in [1.54, 1.807) is 13.8 Å². The van der Waals surface area contributed by atoms with Crippen LogP contribution in [0.2, 0.25) is 0 Å². The average Bonchev–Trinajstić information content (AvgIpc) is 2.26. The summed E-state index contributed by atoms with van der Waals surface area (Å²) in [5.41, 5.74) is 0. The van der Waals surface area contributed by atoms with Gasteiger partial charge >= 0.3 is 12.3 Å². The van der Waals surface area contributed by atoms with Crippen molar-refractivity contribution >= 4 is 12.3 Å². The van der Waals surface area contributed by atoms with Crippen LogP contribution in [0.1, 0.15) is 40.5 Å². The first-order valence-electron chi connectivity index (χ1n) is 5.25. The van der Waals surface area contributed by atoms with Crippen molar-refractivity contribution in [3.63, 3.8) is 0 Å². The third kappa shape index (κ3) is 6.92. The van der Waals surface area contributed by atoms with E-state index in [2.05, 4.69) is 19.2 Å². The maximum Gasteiger partial charge on any atom is 0.550 e. The van der Waals surface area contributed by atoms with Gasteiger partial charge in [-0.3, -0.25) is 0 Å². The SMILES string of the molecule is CC[C@@H](C)OC(=O)OOC(=O)O[C@H](C)CC. The molecule has 0 aliphatic rings. The van der Waals surface area contributed by atoms with E-state index in [1.807, 2.05) is 13.8 Å². The summed E-state index contributed by atoms with van der Waals surface area (Å²) < 4.78 is 9.37. The van der Waals surface area contributed by atoms with Crippen LogP contribution in [0.25, 0.3) is 0 Å². The summed E-state index contributed by atoms with van der Waals surface area (Å²) in [7, 11) is 0. The van der Waals surface area contributed by atoms with Crippen molar-refractivity contribution in [3.8, 4) is 0 Å². The van der Waals surface area contributed by atoms with Crippen LogP contribution in [-0.2, 0) is 19.2 Å². The average molecular weight is 234 g/mol. The van der Waals surface area contributed by atoms with Gasteiger partial charge in [0.15, 0.2) is 0 Å². The summed E-state index contributed by atoms with van der Waals surface area (Å²) in [6.07, 6.45) is -1.41. The van der Waals surface area contributed by atoms with E-state index in [1.165, 1.54) is 0 Å². The molecule has 0 radical (unpaired) electrons. The van der Waals surface area contributed by atoms with E-state index in [0.717, 1.165) is 0 Å². The van der Waals surface area contributed by atoms with Gasteiger partial charge in [-0.15, -0.1) is 0 Å². The summed E-state index contributed by atoms with van der Waals surface area (Å²) >= 11 is 0. The lowest BCUT2D eigenvalue weighted by molar-refractivity contribution is -0.223. The van der Waals surface area contributed by atoms with E-state index in [9.17, 15) is 9.59 Å². The van der Waals surface area contributed by atoms with Crippen LogP contribution in [0.3, 0.4) is 0 Å². The topological polar surface area (TPSA) is 71.1 Å². The van der Waals surface area contributed by atoms with Gasteiger partial charge in [0.05, 0.1) is 0 Å². The van der Waals surface area contributed by atoms with Crippen molar-refractivity contribution in [2.45, 2.75) is 52.7 Å². The highest BCUT2D eigenvalue weighted by molar-refractivity contribution is 5.63. The molecule has 0 aromatic heterocycles. The standard InChI is InChI=1S/C10H18O6/c1-5-7(3)13-9(11)15-16-10(12)14-8(4)6-2/h7-8H,5-6H2,1-4H3/t7-,8-/m1/s1. The molecular formula is C10H18O6. The second-order valence-corrected chi connectivity index (χ2v) is 3.34. The van der Waals surface area contributed by atoms with Crippen LogP contribution < -0.4 is 0 Å². The Morgan fingerprint density at radius 3 is 1.44 bits per heavy atom. The van der Waals surface area contributed by atoms with Gasteiger partial charge in [-0.2, -0.15) is 19.4 Å².